The maximum Gasteiger partial charge on any atom is 0.310 e. The first-order chi connectivity index (χ1) is 13.0. The van der Waals surface area contributed by atoms with Gasteiger partial charge in [0, 0.05) is 38.3 Å². The molecule has 0 spiro atoms. The van der Waals surface area contributed by atoms with Crippen LogP contribution in [0, 0.1) is 16.0 Å². The highest BCUT2D eigenvalue weighted by Crippen LogP contribution is 2.30. The lowest BCUT2D eigenvalue weighted by atomic mass is 9.97. The van der Waals surface area contributed by atoms with E-state index in [2.05, 4.69) is 4.90 Å². The molecular weight excluding hydrogens is 350 g/mol. The van der Waals surface area contributed by atoms with Crippen molar-refractivity contribution in [3.63, 3.8) is 0 Å². The number of nitrogens with zero attached hydrogens (tertiary/aromatic N) is 3. The molecule has 0 radical (unpaired) electrons. The molecule has 1 aromatic carbocycles. The Hall–Kier alpha value is -2.64. The van der Waals surface area contributed by atoms with Crippen molar-refractivity contribution in [3.05, 3.63) is 33.9 Å². The lowest BCUT2D eigenvalue weighted by Gasteiger charge is -2.32. The van der Waals surface area contributed by atoms with E-state index in [0.29, 0.717) is 38.1 Å². The monoisotopic (exact) mass is 375 g/mol. The van der Waals surface area contributed by atoms with Crippen molar-refractivity contribution in [3.8, 4) is 0 Å². The molecule has 0 N–H and O–H groups in total. The molecule has 8 nitrogen and oxygen atoms in total. The van der Waals surface area contributed by atoms with E-state index in [1.165, 1.54) is 12.1 Å². The van der Waals surface area contributed by atoms with Crippen LogP contribution in [0.1, 0.15) is 43.0 Å². The number of non-ortho nitro benzene ring substituents is 1. The van der Waals surface area contributed by atoms with Gasteiger partial charge in [0.25, 0.3) is 11.6 Å². The maximum atomic E-state index is 13.2. The molecule has 3 rings (SSSR count). The number of likely N-dealkylation sites (tertiary alicyclic amines) is 1. The summed E-state index contributed by atoms with van der Waals surface area (Å²) >= 11 is 0. The van der Waals surface area contributed by atoms with Gasteiger partial charge < -0.3 is 14.5 Å². The first kappa shape index (κ1) is 19.1. The second-order valence-corrected chi connectivity index (χ2v) is 7.00. The number of nitro groups is 1. The number of esters is 1. The van der Waals surface area contributed by atoms with Crippen LogP contribution in [0.3, 0.4) is 0 Å². The SMILES string of the molecule is CCOC(=O)C1CCCN(C(=O)c2cc([N+](=O)[O-])ccc2N2CCCC2)C1. The first-order valence-electron chi connectivity index (χ1n) is 9.50. The second kappa shape index (κ2) is 8.37. The minimum absolute atomic E-state index is 0.0970. The van der Waals surface area contributed by atoms with E-state index in [4.69, 9.17) is 4.74 Å². The van der Waals surface area contributed by atoms with Gasteiger partial charge in [0.15, 0.2) is 0 Å². The lowest BCUT2D eigenvalue weighted by Crippen LogP contribution is -2.43. The molecule has 0 bridgehead atoms. The Kier molecular flexibility index (Phi) is 5.93. The van der Waals surface area contributed by atoms with Gasteiger partial charge in [0.2, 0.25) is 0 Å². The number of ether oxygens (including phenoxy) is 1. The number of anilines is 1. The summed E-state index contributed by atoms with van der Waals surface area (Å²) in [5.74, 6) is -0.875. The second-order valence-electron chi connectivity index (χ2n) is 7.00. The van der Waals surface area contributed by atoms with Crippen LogP contribution in [0.4, 0.5) is 11.4 Å². The summed E-state index contributed by atoms with van der Waals surface area (Å²) in [5, 5.41) is 11.2. The molecular formula is C19H25N3O5. The van der Waals surface area contributed by atoms with Crippen LogP contribution in [-0.2, 0) is 9.53 Å². The summed E-state index contributed by atoms with van der Waals surface area (Å²) in [6, 6.07) is 4.48. The van der Waals surface area contributed by atoms with Gasteiger partial charge in [-0.15, -0.1) is 0 Å². The largest absolute Gasteiger partial charge is 0.466 e. The fraction of sp³-hybridized carbons (Fsp3) is 0.579. The van der Waals surface area contributed by atoms with Gasteiger partial charge in [0.05, 0.1) is 28.7 Å². The fourth-order valence-corrected chi connectivity index (χ4v) is 3.83. The zero-order valence-electron chi connectivity index (χ0n) is 15.6. The van der Waals surface area contributed by atoms with E-state index < -0.39 is 4.92 Å². The van der Waals surface area contributed by atoms with Crippen molar-refractivity contribution in [1.82, 2.24) is 4.90 Å². The highest BCUT2D eigenvalue weighted by Gasteiger charge is 2.32. The van der Waals surface area contributed by atoms with E-state index in [1.807, 2.05) is 0 Å². The molecule has 146 valence electrons. The van der Waals surface area contributed by atoms with E-state index >= 15 is 0 Å². The molecule has 1 amide bonds. The van der Waals surface area contributed by atoms with E-state index in [-0.39, 0.29) is 23.5 Å². The van der Waals surface area contributed by atoms with Crippen LogP contribution in [0.2, 0.25) is 0 Å². The molecule has 1 atom stereocenters. The Morgan fingerprint density at radius 2 is 1.96 bits per heavy atom. The zero-order chi connectivity index (χ0) is 19.4. The average molecular weight is 375 g/mol. The van der Waals surface area contributed by atoms with Crippen LogP contribution in [0.25, 0.3) is 0 Å². The topological polar surface area (TPSA) is 93.0 Å². The molecule has 2 aliphatic heterocycles. The van der Waals surface area contributed by atoms with Crippen LogP contribution in [0.5, 0.6) is 0 Å². The number of rotatable bonds is 5. The highest BCUT2D eigenvalue weighted by molar-refractivity contribution is 6.01. The van der Waals surface area contributed by atoms with Gasteiger partial charge in [-0.25, -0.2) is 0 Å². The van der Waals surface area contributed by atoms with E-state index in [1.54, 1.807) is 17.9 Å². The van der Waals surface area contributed by atoms with Crippen molar-refractivity contribution >= 4 is 23.3 Å². The van der Waals surface area contributed by atoms with Gasteiger partial charge >= 0.3 is 5.97 Å². The Morgan fingerprint density at radius 3 is 2.63 bits per heavy atom. The number of piperidine rings is 1. The predicted octanol–water partition coefficient (Wildman–Crippen LogP) is 2.61. The van der Waals surface area contributed by atoms with Crippen molar-refractivity contribution < 1.29 is 19.2 Å². The summed E-state index contributed by atoms with van der Waals surface area (Å²) in [6.07, 6.45) is 3.48. The van der Waals surface area contributed by atoms with E-state index in [9.17, 15) is 19.7 Å². The quantitative estimate of drug-likeness (QED) is 0.446. The molecule has 2 heterocycles. The summed E-state index contributed by atoms with van der Waals surface area (Å²) in [7, 11) is 0. The molecule has 0 saturated carbocycles. The first-order valence-corrected chi connectivity index (χ1v) is 9.50. The van der Waals surface area contributed by atoms with Gasteiger partial charge in [-0.2, -0.15) is 0 Å². The summed E-state index contributed by atoms with van der Waals surface area (Å²) in [5.41, 5.74) is 0.984. The van der Waals surface area contributed by atoms with Crippen molar-refractivity contribution in [2.75, 3.05) is 37.7 Å². The number of hydrogen-bond acceptors (Lipinski definition) is 6. The number of hydrogen-bond donors (Lipinski definition) is 0. The molecule has 2 fully saturated rings. The molecule has 1 unspecified atom stereocenters. The Labute approximate surface area is 158 Å². The number of carbonyl (C=O) groups excluding carboxylic acids is 2. The molecule has 8 heteroatoms. The molecule has 2 aliphatic rings. The summed E-state index contributed by atoms with van der Waals surface area (Å²) < 4.78 is 5.10. The third-order valence-electron chi connectivity index (χ3n) is 5.20. The van der Waals surface area contributed by atoms with Crippen molar-refractivity contribution in [2.24, 2.45) is 5.92 Å². The Balaban J connectivity index is 1.86. The zero-order valence-corrected chi connectivity index (χ0v) is 15.6. The molecule has 27 heavy (non-hydrogen) atoms. The summed E-state index contributed by atoms with van der Waals surface area (Å²) in [4.78, 5) is 39.7. The molecule has 2 saturated heterocycles. The van der Waals surface area contributed by atoms with Crippen LogP contribution < -0.4 is 4.90 Å². The molecule has 0 aromatic heterocycles. The fourth-order valence-electron chi connectivity index (χ4n) is 3.83. The summed E-state index contributed by atoms with van der Waals surface area (Å²) in [6.45, 7) is 4.58. The van der Waals surface area contributed by atoms with Crippen LogP contribution in [-0.4, -0.2) is 54.5 Å². The number of carbonyl (C=O) groups is 2. The normalized spacial score (nSPS) is 19.8. The minimum Gasteiger partial charge on any atom is -0.466 e. The molecule has 0 aliphatic carbocycles. The average Bonchev–Trinajstić information content (AvgIpc) is 3.22. The highest BCUT2D eigenvalue weighted by atomic mass is 16.6. The number of benzene rings is 1. The van der Waals surface area contributed by atoms with Gasteiger partial charge in [0.1, 0.15) is 0 Å². The van der Waals surface area contributed by atoms with Gasteiger partial charge in [-0.1, -0.05) is 0 Å². The minimum atomic E-state index is -0.484. The lowest BCUT2D eigenvalue weighted by molar-refractivity contribution is -0.384. The standard InChI is InChI=1S/C19H25N3O5/c1-2-27-19(24)14-6-5-11-21(13-14)18(23)16-12-15(22(25)26)7-8-17(16)20-9-3-4-10-20/h7-8,12,14H,2-6,9-11,13H2,1H3. The third kappa shape index (κ3) is 4.20. The maximum absolute atomic E-state index is 13.2. The van der Waals surface area contributed by atoms with Gasteiger partial charge in [-0.05, 0) is 38.7 Å². The van der Waals surface area contributed by atoms with Crippen molar-refractivity contribution in [1.29, 1.82) is 0 Å². The smallest absolute Gasteiger partial charge is 0.310 e. The number of amides is 1. The van der Waals surface area contributed by atoms with Crippen molar-refractivity contribution in [2.45, 2.75) is 32.6 Å². The Morgan fingerprint density at radius 1 is 1.22 bits per heavy atom. The van der Waals surface area contributed by atoms with Crippen LogP contribution in [0.15, 0.2) is 18.2 Å². The number of nitro benzene ring substituents is 1. The van der Waals surface area contributed by atoms with Crippen LogP contribution >= 0.6 is 0 Å². The van der Waals surface area contributed by atoms with Gasteiger partial charge in [-0.3, -0.25) is 19.7 Å². The Bertz CT molecular complexity index is 730. The molecule has 1 aromatic rings. The van der Waals surface area contributed by atoms with E-state index in [0.717, 1.165) is 31.6 Å². The third-order valence-corrected chi connectivity index (χ3v) is 5.20. The predicted molar refractivity (Wildman–Crippen MR) is 99.8 cm³/mol.